The largest absolute Gasteiger partial charge is 0.246 e. The van der Waals surface area contributed by atoms with Gasteiger partial charge in [0.1, 0.15) is 5.82 Å². The third-order valence-electron chi connectivity index (χ3n) is 3.44. The molecule has 0 N–H and O–H groups in total. The van der Waals surface area contributed by atoms with Crippen molar-refractivity contribution >= 4 is 27.3 Å². The van der Waals surface area contributed by atoms with Gasteiger partial charge in [0.15, 0.2) is 0 Å². The number of aromatic nitrogens is 1. The van der Waals surface area contributed by atoms with E-state index in [9.17, 15) is 4.39 Å². The first-order valence-corrected chi connectivity index (χ1v) is 9.14. The molecule has 0 amide bonds. The van der Waals surface area contributed by atoms with Gasteiger partial charge in [0.25, 0.3) is 0 Å². The van der Waals surface area contributed by atoms with Crippen molar-refractivity contribution < 1.29 is 4.39 Å². The molecule has 0 saturated heterocycles. The van der Waals surface area contributed by atoms with Crippen LogP contribution in [0, 0.1) is 11.7 Å². The summed E-state index contributed by atoms with van der Waals surface area (Å²) in [6, 6.07) is 6.80. The molecule has 2 rings (SSSR count). The number of alkyl halides is 1. The minimum atomic E-state index is -0.177. The molecule has 1 aromatic heterocycles. The lowest BCUT2D eigenvalue weighted by atomic mass is 9.93. The Labute approximate surface area is 138 Å². The molecular formula is C17H21BrFNS. The molecule has 1 nitrogen and oxygen atoms in total. The van der Waals surface area contributed by atoms with Crippen molar-refractivity contribution in [3.05, 3.63) is 51.7 Å². The predicted octanol–water partition coefficient (Wildman–Crippen LogP) is 5.38. The van der Waals surface area contributed by atoms with E-state index in [-0.39, 0.29) is 11.2 Å². The van der Waals surface area contributed by atoms with Crippen LogP contribution in [0.4, 0.5) is 4.39 Å². The van der Waals surface area contributed by atoms with Crippen LogP contribution < -0.4 is 0 Å². The zero-order valence-electron chi connectivity index (χ0n) is 12.7. The quantitative estimate of drug-likeness (QED) is 0.645. The van der Waals surface area contributed by atoms with Crippen molar-refractivity contribution in [2.45, 2.75) is 39.0 Å². The maximum absolute atomic E-state index is 12.9. The number of benzene rings is 1. The molecule has 4 heteroatoms. The van der Waals surface area contributed by atoms with Crippen LogP contribution >= 0.6 is 27.3 Å². The van der Waals surface area contributed by atoms with E-state index >= 15 is 0 Å². The molecular weight excluding hydrogens is 349 g/mol. The molecule has 1 atom stereocenters. The number of hydrogen-bond donors (Lipinski definition) is 0. The summed E-state index contributed by atoms with van der Waals surface area (Å²) >= 11 is 5.34. The van der Waals surface area contributed by atoms with Crippen LogP contribution in [-0.2, 0) is 18.3 Å². The smallest absolute Gasteiger partial charge is 0.123 e. The fourth-order valence-electron chi connectivity index (χ4n) is 2.13. The Morgan fingerprint density at radius 2 is 1.86 bits per heavy atom. The summed E-state index contributed by atoms with van der Waals surface area (Å²) < 4.78 is 12.9. The Kier molecular flexibility index (Phi) is 5.55. The SMILES string of the molecule is CC(C)(C)c1csc(CC(CBr)Cc2ccc(F)cc2)n1. The summed E-state index contributed by atoms with van der Waals surface area (Å²) in [6.07, 6.45) is 1.90. The van der Waals surface area contributed by atoms with Gasteiger partial charge in [-0.05, 0) is 30.0 Å². The minimum absolute atomic E-state index is 0.107. The lowest BCUT2D eigenvalue weighted by molar-refractivity contribution is 0.558. The molecule has 114 valence electrons. The normalized spacial score (nSPS) is 13.4. The summed E-state index contributed by atoms with van der Waals surface area (Å²) in [7, 11) is 0. The minimum Gasteiger partial charge on any atom is -0.246 e. The molecule has 1 aromatic carbocycles. The first-order chi connectivity index (χ1) is 9.88. The molecule has 0 fully saturated rings. The second-order valence-corrected chi connectivity index (χ2v) is 8.02. The van der Waals surface area contributed by atoms with Gasteiger partial charge in [0, 0.05) is 22.5 Å². The summed E-state index contributed by atoms with van der Waals surface area (Å²) in [6.45, 7) is 6.56. The fraction of sp³-hybridized carbons (Fsp3) is 0.471. The van der Waals surface area contributed by atoms with Crippen molar-refractivity contribution in [1.29, 1.82) is 0 Å². The molecule has 0 spiro atoms. The number of nitrogens with zero attached hydrogens (tertiary/aromatic N) is 1. The van der Waals surface area contributed by atoms with Crippen LogP contribution in [0.1, 0.15) is 37.0 Å². The number of hydrogen-bond acceptors (Lipinski definition) is 2. The summed E-state index contributed by atoms with van der Waals surface area (Å²) in [4.78, 5) is 4.76. The van der Waals surface area contributed by atoms with Gasteiger partial charge < -0.3 is 0 Å². The maximum Gasteiger partial charge on any atom is 0.123 e. The molecule has 0 aliphatic rings. The molecule has 0 aliphatic heterocycles. The summed E-state index contributed by atoms with van der Waals surface area (Å²) in [5.74, 6) is 0.304. The van der Waals surface area contributed by atoms with Gasteiger partial charge in [-0.3, -0.25) is 0 Å². The van der Waals surface area contributed by atoms with E-state index in [1.54, 1.807) is 11.3 Å². The Bertz CT molecular complexity index is 571. The Hall–Kier alpha value is -0.740. The van der Waals surface area contributed by atoms with Crippen molar-refractivity contribution in [1.82, 2.24) is 4.98 Å². The molecule has 1 heterocycles. The number of halogens is 2. The summed E-state index contributed by atoms with van der Waals surface area (Å²) in [5, 5.41) is 4.28. The maximum atomic E-state index is 12.9. The Balaban J connectivity index is 2.02. The Morgan fingerprint density at radius 1 is 1.19 bits per heavy atom. The first-order valence-electron chi connectivity index (χ1n) is 7.14. The van der Waals surface area contributed by atoms with Crippen LogP contribution in [0.15, 0.2) is 29.6 Å². The van der Waals surface area contributed by atoms with E-state index in [4.69, 9.17) is 4.98 Å². The van der Waals surface area contributed by atoms with E-state index in [1.165, 1.54) is 22.7 Å². The highest BCUT2D eigenvalue weighted by Crippen LogP contribution is 2.26. The molecule has 21 heavy (non-hydrogen) atoms. The van der Waals surface area contributed by atoms with E-state index in [0.29, 0.717) is 5.92 Å². The second kappa shape index (κ2) is 7.01. The van der Waals surface area contributed by atoms with Crippen LogP contribution in [0.25, 0.3) is 0 Å². The lowest BCUT2D eigenvalue weighted by Gasteiger charge is -2.15. The molecule has 0 radical (unpaired) electrons. The van der Waals surface area contributed by atoms with Crippen LogP contribution in [-0.4, -0.2) is 10.3 Å². The molecule has 2 aromatic rings. The lowest BCUT2D eigenvalue weighted by Crippen LogP contribution is -2.13. The van der Waals surface area contributed by atoms with E-state index in [0.717, 1.165) is 23.9 Å². The van der Waals surface area contributed by atoms with E-state index in [1.807, 2.05) is 12.1 Å². The molecule has 1 unspecified atom stereocenters. The van der Waals surface area contributed by atoms with E-state index < -0.39 is 0 Å². The highest BCUT2D eigenvalue weighted by atomic mass is 79.9. The third-order valence-corrected chi connectivity index (χ3v) is 5.23. The fourth-order valence-corrected chi connectivity index (χ4v) is 3.73. The predicted molar refractivity (Wildman–Crippen MR) is 91.9 cm³/mol. The van der Waals surface area contributed by atoms with Crippen LogP contribution in [0.5, 0.6) is 0 Å². The van der Waals surface area contributed by atoms with Gasteiger partial charge in [-0.25, -0.2) is 9.37 Å². The second-order valence-electron chi connectivity index (χ2n) is 6.43. The van der Waals surface area contributed by atoms with Crippen molar-refractivity contribution in [3.63, 3.8) is 0 Å². The molecule has 0 saturated carbocycles. The van der Waals surface area contributed by atoms with Crippen LogP contribution in [0.2, 0.25) is 0 Å². The Morgan fingerprint density at radius 3 is 2.38 bits per heavy atom. The molecule has 0 aliphatic carbocycles. The topological polar surface area (TPSA) is 12.9 Å². The van der Waals surface area contributed by atoms with Gasteiger partial charge in [-0.2, -0.15) is 0 Å². The first kappa shape index (κ1) is 16.6. The average Bonchev–Trinajstić information content (AvgIpc) is 2.89. The van der Waals surface area contributed by atoms with Gasteiger partial charge >= 0.3 is 0 Å². The van der Waals surface area contributed by atoms with Crippen molar-refractivity contribution in [3.8, 4) is 0 Å². The van der Waals surface area contributed by atoms with Gasteiger partial charge in [0.2, 0.25) is 0 Å². The molecule has 0 bridgehead atoms. The summed E-state index contributed by atoms with van der Waals surface area (Å²) in [5.41, 5.74) is 2.45. The van der Waals surface area contributed by atoms with Gasteiger partial charge in [-0.15, -0.1) is 11.3 Å². The highest BCUT2D eigenvalue weighted by Gasteiger charge is 2.19. The monoisotopic (exact) mass is 369 g/mol. The third kappa shape index (κ3) is 4.89. The highest BCUT2D eigenvalue weighted by molar-refractivity contribution is 9.09. The average molecular weight is 370 g/mol. The van der Waals surface area contributed by atoms with Gasteiger partial charge in [0.05, 0.1) is 10.7 Å². The zero-order valence-corrected chi connectivity index (χ0v) is 15.1. The standard InChI is InChI=1S/C17H21BrFNS/c1-17(2,3)15-11-21-16(20-15)9-13(10-18)8-12-4-6-14(19)7-5-12/h4-7,11,13H,8-10H2,1-3H3. The number of thiazole rings is 1. The van der Waals surface area contributed by atoms with Gasteiger partial charge in [-0.1, -0.05) is 48.8 Å². The zero-order chi connectivity index (χ0) is 15.5. The van der Waals surface area contributed by atoms with Crippen molar-refractivity contribution in [2.24, 2.45) is 5.92 Å². The van der Waals surface area contributed by atoms with Crippen LogP contribution in [0.3, 0.4) is 0 Å². The van der Waals surface area contributed by atoms with E-state index in [2.05, 4.69) is 42.1 Å². The van der Waals surface area contributed by atoms with Crippen molar-refractivity contribution in [2.75, 3.05) is 5.33 Å². The number of rotatable bonds is 5.